The van der Waals surface area contributed by atoms with Gasteiger partial charge in [0.05, 0.1) is 38.8 Å². The van der Waals surface area contributed by atoms with E-state index in [1.165, 1.54) is 21.3 Å². The van der Waals surface area contributed by atoms with Gasteiger partial charge in [-0.3, -0.25) is 9.59 Å². The van der Waals surface area contributed by atoms with Crippen LogP contribution >= 0.6 is 0 Å². The molecule has 6 nitrogen and oxygen atoms in total. The van der Waals surface area contributed by atoms with Crippen molar-refractivity contribution < 1.29 is 23.8 Å². The van der Waals surface area contributed by atoms with Gasteiger partial charge < -0.3 is 19.2 Å². The van der Waals surface area contributed by atoms with E-state index in [9.17, 15) is 9.59 Å². The number of methoxy groups -OCH3 is 3. The highest BCUT2D eigenvalue weighted by Crippen LogP contribution is 2.36. The van der Waals surface area contributed by atoms with E-state index in [-0.39, 0.29) is 12.4 Å². The summed E-state index contributed by atoms with van der Waals surface area (Å²) in [5.74, 6) is 0.604. The number of hydrogen-bond donors (Lipinski definition) is 1. The van der Waals surface area contributed by atoms with E-state index in [0.717, 1.165) is 5.39 Å². The van der Waals surface area contributed by atoms with Crippen molar-refractivity contribution >= 4 is 23.2 Å². The van der Waals surface area contributed by atoms with Crippen LogP contribution in [0.5, 0.6) is 11.5 Å². The third-order valence-electron chi connectivity index (χ3n) is 3.03. The number of esters is 1. The number of carbonyl (C=O) groups is 2. The maximum absolute atomic E-state index is 11.3. The lowest BCUT2D eigenvalue weighted by atomic mass is 10.1. The number of nitrogens with one attached hydrogen (secondary N) is 1. The molecular formula is C14H15NO5. The van der Waals surface area contributed by atoms with Crippen LogP contribution < -0.4 is 9.47 Å². The van der Waals surface area contributed by atoms with Crippen LogP contribution in [0.3, 0.4) is 0 Å². The summed E-state index contributed by atoms with van der Waals surface area (Å²) in [6, 6.07) is 3.38. The number of benzene rings is 1. The molecule has 0 saturated carbocycles. The maximum Gasteiger partial charge on any atom is 0.311 e. The van der Waals surface area contributed by atoms with Crippen LogP contribution in [0.2, 0.25) is 0 Å². The molecule has 0 saturated heterocycles. The molecule has 20 heavy (non-hydrogen) atoms. The van der Waals surface area contributed by atoms with E-state index < -0.39 is 0 Å². The van der Waals surface area contributed by atoms with Crippen LogP contribution in [0.4, 0.5) is 0 Å². The third kappa shape index (κ3) is 2.32. The Morgan fingerprint density at radius 1 is 1.25 bits per heavy atom. The SMILES string of the molecule is COC(=O)Cc1cc2c(OC)cc(C=O)c(OC)c2[nH]1. The molecule has 2 rings (SSSR count). The minimum atomic E-state index is -0.356. The summed E-state index contributed by atoms with van der Waals surface area (Å²) < 4.78 is 15.2. The molecule has 0 bridgehead atoms. The highest BCUT2D eigenvalue weighted by molar-refractivity contribution is 5.99. The van der Waals surface area contributed by atoms with E-state index in [1.54, 1.807) is 12.1 Å². The lowest BCUT2D eigenvalue weighted by Gasteiger charge is -2.08. The van der Waals surface area contributed by atoms with Crippen molar-refractivity contribution in [3.63, 3.8) is 0 Å². The largest absolute Gasteiger partial charge is 0.496 e. The number of rotatable bonds is 5. The summed E-state index contributed by atoms with van der Waals surface area (Å²) in [6.07, 6.45) is 0.801. The molecular weight excluding hydrogens is 262 g/mol. The topological polar surface area (TPSA) is 77.6 Å². The minimum Gasteiger partial charge on any atom is -0.496 e. The second-order valence-electron chi connectivity index (χ2n) is 4.16. The van der Waals surface area contributed by atoms with Gasteiger partial charge in [0.2, 0.25) is 0 Å². The molecule has 0 aliphatic carbocycles. The van der Waals surface area contributed by atoms with E-state index in [4.69, 9.17) is 9.47 Å². The first-order valence-corrected chi connectivity index (χ1v) is 5.93. The van der Waals surface area contributed by atoms with Crippen molar-refractivity contribution in [2.45, 2.75) is 6.42 Å². The molecule has 0 aliphatic rings. The fourth-order valence-electron chi connectivity index (χ4n) is 2.11. The molecule has 106 valence electrons. The fourth-order valence-corrected chi connectivity index (χ4v) is 2.11. The molecule has 0 radical (unpaired) electrons. The molecule has 0 atom stereocenters. The van der Waals surface area contributed by atoms with Gasteiger partial charge in [0.15, 0.2) is 12.0 Å². The Bertz CT molecular complexity index is 659. The first kappa shape index (κ1) is 13.9. The van der Waals surface area contributed by atoms with Crippen LogP contribution in [0.25, 0.3) is 10.9 Å². The Morgan fingerprint density at radius 3 is 2.55 bits per heavy atom. The molecule has 0 unspecified atom stereocenters. The first-order valence-electron chi connectivity index (χ1n) is 5.93. The van der Waals surface area contributed by atoms with Crippen molar-refractivity contribution in [1.29, 1.82) is 0 Å². The van der Waals surface area contributed by atoms with Gasteiger partial charge in [-0.1, -0.05) is 0 Å². The molecule has 2 aromatic rings. The lowest BCUT2D eigenvalue weighted by Crippen LogP contribution is -2.04. The van der Waals surface area contributed by atoms with Crippen LogP contribution in [-0.2, 0) is 16.0 Å². The van der Waals surface area contributed by atoms with Gasteiger partial charge in [-0.05, 0) is 12.1 Å². The normalized spacial score (nSPS) is 10.3. The monoisotopic (exact) mass is 277 g/mol. The number of aldehydes is 1. The molecule has 1 aromatic carbocycles. The zero-order chi connectivity index (χ0) is 14.7. The van der Waals surface area contributed by atoms with E-state index in [0.29, 0.717) is 34.6 Å². The zero-order valence-corrected chi connectivity index (χ0v) is 11.5. The van der Waals surface area contributed by atoms with Crippen molar-refractivity contribution in [2.24, 2.45) is 0 Å². The van der Waals surface area contributed by atoms with Crippen LogP contribution in [0.1, 0.15) is 16.1 Å². The Balaban J connectivity index is 2.63. The Morgan fingerprint density at radius 2 is 2.00 bits per heavy atom. The van der Waals surface area contributed by atoms with Gasteiger partial charge in [0.25, 0.3) is 0 Å². The van der Waals surface area contributed by atoms with Gasteiger partial charge in [0, 0.05) is 11.1 Å². The number of hydrogen-bond acceptors (Lipinski definition) is 5. The van der Waals surface area contributed by atoms with E-state index >= 15 is 0 Å². The van der Waals surface area contributed by atoms with Crippen molar-refractivity contribution in [1.82, 2.24) is 4.98 Å². The standard InChI is InChI=1S/C14H15NO5/c1-18-11-4-8(7-16)14(20-3)13-10(11)5-9(15-13)6-12(17)19-2/h4-5,7,15H,6H2,1-3H3. The summed E-state index contributed by atoms with van der Waals surface area (Å²) in [7, 11) is 4.33. The number of carbonyl (C=O) groups excluding carboxylic acids is 2. The predicted octanol–water partition coefficient (Wildman–Crippen LogP) is 1.71. The minimum absolute atomic E-state index is 0.105. The average molecular weight is 277 g/mol. The Hall–Kier alpha value is -2.50. The van der Waals surface area contributed by atoms with Gasteiger partial charge in [-0.15, -0.1) is 0 Å². The molecule has 1 aromatic heterocycles. The molecule has 1 heterocycles. The summed E-state index contributed by atoms with van der Waals surface area (Å²) in [5.41, 5.74) is 1.66. The number of aromatic amines is 1. The summed E-state index contributed by atoms with van der Waals surface area (Å²) >= 11 is 0. The molecule has 0 aliphatic heterocycles. The molecule has 0 fully saturated rings. The zero-order valence-electron chi connectivity index (χ0n) is 11.5. The second kappa shape index (κ2) is 5.64. The first-order chi connectivity index (χ1) is 9.64. The molecule has 1 N–H and O–H groups in total. The van der Waals surface area contributed by atoms with Gasteiger partial charge in [-0.2, -0.15) is 0 Å². The van der Waals surface area contributed by atoms with Gasteiger partial charge in [-0.25, -0.2) is 0 Å². The van der Waals surface area contributed by atoms with E-state index in [1.807, 2.05) is 0 Å². The summed E-state index contributed by atoms with van der Waals surface area (Å²) in [4.78, 5) is 25.5. The highest BCUT2D eigenvalue weighted by Gasteiger charge is 2.17. The van der Waals surface area contributed by atoms with Crippen LogP contribution in [0.15, 0.2) is 12.1 Å². The average Bonchev–Trinajstić information content (AvgIpc) is 2.88. The molecule has 0 spiro atoms. The van der Waals surface area contributed by atoms with Crippen molar-refractivity contribution in [3.8, 4) is 11.5 Å². The molecule has 6 heteroatoms. The highest BCUT2D eigenvalue weighted by atomic mass is 16.5. The maximum atomic E-state index is 11.3. The number of fused-ring (bicyclic) bond motifs is 1. The molecule has 0 amide bonds. The summed E-state index contributed by atoms with van der Waals surface area (Å²) in [6.45, 7) is 0. The lowest BCUT2D eigenvalue weighted by molar-refractivity contribution is -0.139. The van der Waals surface area contributed by atoms with Crippen LogP contribution in [0, 0.1) is 0 Å². The van der Waals surface area contributed by atoms with Crippen LogP contribution in [-0.4, -0.2) is 38.6 Å². The van der Waals surface area contributed by atoms with Crippen molar-refractivity contribution in [2.75, 3.05) is 21.3 Å². The number of H-pyrrole nitrogens is 1. The van der Waals surface area contributed by atoms with E-state index in [2.05, 4.69) is 9.72 Å². The Labute approximate surface area is 115 Å². The summed E-state index contributed by atoms with van der Waals surface area (Å²) in [5, 5.41) is 0.744. The Kier molecular flexibility index (Phi) is 3.93. The quantitative estimate of drug-likeness (QED) is 0.665. The van der Waals surface area contributed by atoms with Crippen molar-refractivity contribution in [3.05, 3.63) is 23.4 Å². The number of ether oxygens (including phenoxy) is 3. The predicted molar refractivity (Wildman–Crippen MR) is 72.5 cm³/mol. The van der Waals surface area contributed by atoms with Gasteiger partial charge >= 0.3 is 5.97 Å². The third-order valence-corrected chi connectivity index (χ3v) is 3.03. The number of aromatic nitrogens is 1. The fraction of sp³-hybridized carbons (Fsp3) is 0.286. The smallest absolute Gasteiger partial charge is 0.311 e. The second-order valence-corrected chi connectivity index (χ2v) is 4.16. The van der Waals surface area contributed by atoms with Gasteiger partial charge in [0.1, 0.15) is 5.75 Å².